The molecule has 0 aliphatic carbocycles. The van der Waals surface area contributed by atoms with Crippen molar-refractivity contribution in [2.45, 2.75) is 11.9 Å². The molecular weight excluding hydrogens is 330 g/mol. The maximum Gasteiger partial charge on any atom is 0.316 e. The number of hydrogen-bond donors (Lipinski definition) is 0. The summed E-state index contributed by atoms with van der Waals surface area (Å²) in [5.74, 6) is 0.621. The van der Waals surface area contributed by atoms with Crippen molar-refractivity contribution < 1.29 is 14.3 Å². The molecule has 24 heavy (non-hydrogen) atoms. The first kappa shape index (κ1) is 16.2. The summed E-state index contributed by atoms with van der Waals surface area (Å²) in [6, 6.07) is 7.39. The normalized spacial score (nSPS) is 10.8. The van der Waals surface area contributed by atoms with Gasteiger partial charge in [-0.2, -0.15) is 4.68 Å². The van der Waals surface area contributed by atoms with Gasteiger partial charge in [-0.3, -0.25) is 4.79 Å². The van der Waals surface area contributed by atoms with Crippen molar-refractivity contribution >= 4 is 28.9 Å². The third-order valence-corrected chi connectivity index (χ3v) is 4.11. The van der Waals surface area contributed by atoms with E-state index in [1.54, 1.807) is 18.7 Å². The predicted octanol–water partition coefficient (Wildman–Crippen LogP) is 1.87. The minimum atomic E-state index is -0.295. The number of methoxy groups -OCH3 is 1. The Balaban J connectivity index is 1.89. The molecule has 0 saturated heterocycles. The highest BCUT2D eigenvalue weighted by Crippen LogP contribution is 2.24. The first-order valence-corrected chi connectivity index (χ1v) is 8.20. The standard InChI is InChI=1S/C15H15N5O3S/c1-3-23-12(21)8-24-15-13-14(16-9-17-15)20(19-18-13)10-4-6-11(22-2)7-5-10/h4-7,9H,3,8H2,1-2H3. The molecule has 0 saturated carbocycles. The van der Waals surface area contributed by atoms with Crippen LogP contribution in [-0.2, 0) is 9.53 Å². The Labute approximate surface area is 142 Å². The van der Waals surface area contributed by atoms with Gasteiger partial charge < -0.3 is 9.47 Å². The van der Waals surface area contributed by atoms with E-state index in [0.29, 0.717) is 22.8 Å². The molecule has 3 aromatic rings. The van der Waals surface area contributed by atoms with Crippen molar-refractivity contribution in [3.05, 3.63) is 30.6 Å². The smallest absolute Gasteiger partial charge is 0.316 e. The fourth-order valence-corrected chi connectivity index (χ4v) is 2.79. The summed E-state index contributed by atoms with van der Waals surface area (Å²) in [6.07, 6.45) is 1.43. The molecule has 0 N–H and O–H groups in total. The van der Waals surface area contributed by atoms with Crippen LogP contribution in [0.15, 0.2) is 35.6 Å². The number of rotatable bonds is 6. The van der Waals surface area contributed by atoms with E-state index >= 15 is 0 Å². The van der Waals surface area contributed by atoms with E-state index in [0.717, 1.165) is 11.4 Å². The van der Waals surface area contributed by atoms with Crippen LogP contribution < -0.4 is 4.74 Å². The number of benzene rings is 1. The van der Waals surface area contributed by atoms with E-state index in [9.17, 15) is 4.79 Å². The Kier molecular flexibility index (Phi) is 4.90. The Hall–Kier alpha value is -2.68. The molecule has 9 heteroatoms. The lowest BCUT2D eigenvalue weighted by Gasteiger charge is -2.04. The molecule has 0 radical (unpaired) electrons. The van der Waals surface area contributed by atoms with Crippen molar-refractivity contribution in [3.63, 3.8) is 0 Å². The second-order valence-electron chi connectivity index (χ2n) is 4.64. The van der Waals surface area contributed by atoms with Gasteiger partial charge in [0.25, 0.3) is 0 Å². The molecule has 0 aliphatic rings. The van der Waals surface area contributed by atoms with Gasteiger partial charge in [-0.15, -0.1) is 5.10 Å². The summed E-state index contributed by atoms with van der Waals surface area (Å²) in [4.78, 5) is 19.9. The lowest BCUT2D eigenvalue weighted by Crippen LogP contribution is -2.06. The summed E-state index contributed by atoms with van der Waals surface area (Å²) in [5.41, 5.74) is 1.92. The topological polar surface area (TPSA) is 92.0 Å². The fourth-order valence-electron chi connectivity index (χ4n) is 2.06. The highest BCUT2D eigenvalue weighted by Gasteiger charge is 2.15. The fraction of sp³-hybridized carbons (Fsp3) is 0.267. The molecule has 0 spiro atoms. The SMILES string of the molecule is CCOC(=O)CSc1ncnc2c1nnn2-c1ccc(OC)cc1. The maximum atomic E-state index is 11.5. The van der Waals surface area contributed by atoms with Crippen LogP contribution in [0.1, 0.15) is 6.92 Å². The number of thioether (sulfide) groups is 1. The molecule has 0 aliphatic heterocycles. The summed E-state index contributed by atoms with van der Waals surface area (Å²) in [7, 11) is 1.61. The highest BCUT2D eigenvalue weighted by molar-refractivity contribution is 8.00. The van der Waals surface area contributed by atoms with E-state index in [1.807, 2.05) is 24.3 Å². The molecule has 2 heterocycles. The van der Waals surface area contributed by atoms with Gasteiger partial charge >= 0.3 is 5.97 Å². The Morgan fingerprint density at radius 3 is 2.75 bits per heavy atom. The number of fused-ring (bicyclic) bond motifs is 1. The van der Waals surface area contributed by atoms with E-state index in [2.05, 4.69) is 20.3 Å². The average Bonchev–Trinajstić information content (AvgIpc) is 3.05. The van der Waals surface area contributed by atoms with Crippen LogP contribution in [0, 0.1) is 0 Å². The predicted molar refractivity (Wildman–Crippen MR) is 88.4 cm³/mol. The highest BCUT2D eigenvalue weighted by atomic mass is 32.2. The van der Waals surface area contributed by atoms with Crippen molar-refractivity contribution in [2.24, 2.45) is 0 Å². The summed E-state index contributed by atoms with van der Waals surface area (Å²) in [6.45, 7) is 2.12. The van der Waals surface area contributed by atoms with Gasteiger partial charge in [0, 0.05) is 0 Å². The number of aromatic nitrogens is 5. The van der Waals surface area contributed by atoms with Gasteiger partial charge in [-0.05, 0) is 31.2 Å². The average molecular weight is 345 g/mol. The molecule has 124 valence electrons. The summed E-state index contributed by atoms with van der Waals surface area (Å²) in [5, 5.41) is 8.87. The molecule has 0 amide bonds. The Morgan fingerprint density at radius 2 is 2.04 bits per heavy atom. The zero-order chi connectivity index (χ0) is 16.9. The van der Waals surface area contributed by atoms with Crippen LogP contribution in [0.5, 0.6) is 5.75 Å². The van der Waals surface area contributed by atoms with E-state index in [1.165, 1.54) is 18.1 Å². The molecule has 0 unspecified atom stereocenters. The molecule has 0 atom stereocenters. The zero-order valence-electron chi connectivity index (χ0n) is 13.2. The van der Waals surface area contributed by atoms with Gasteiger partial charge in [0.2, 0.25) is 0 Å². The van der Waals surface area contributed by atoms with Crippen molar-refractivity contribution in [3.8, 4) is 11.4 Å². The minimum absolute atomic E-state index is 0.162. The second kappa shape index (κ2) is 7.26. The van der Waals surface area contributed by atoms with Gasteiger partial charge in [0.15, 0.2) is 11.2 Å². The molecule has 0 bridgehead atoms. The molecule has 0 fully saturated rings. The molecule has 2 aromatic heterocycles. The number of ether oxygens (including phenoxy) is 2. The monoisotopic (exact) mass is 345 g/mol. The first-order chi connectivity index (χ1) is 11.7. The van der Waals surface area contributed by atoms with Crippen LogP contribution >= 0.6 is 11.8 Å². The number of carbonyl (C=O) groups excluding carboxylic acids is 1. The lowest BCUT2D eigenvalue weighted by atomic mass is 10.3. The van der Waals surface area contributed by atoms with Crippen LogP contribution in [0.2, 0.25) is 0 Å². The summed E-state index contributed by atoms with van der Waals surface area (Å²) < 4.78 is 11.7. The Bertz CT molecular complexity index is 850. The molecule has 3 rings (SSSR count). The lowest BCUT2D eigenvalue weighted by molar-refractivity contribution is -0.139. The van der Waals surface area contributed by atoms with Gasteiger partial charge in [-0.25, -0.2) is 9.97 Å². The van der Waals surface area contributed by atoms with Crippen LogP contribution in [0.4, 0.5) is 0 Å². The van der Waals surface area contributed by atoms with E-state index in [-0.39, 0.29) is 11.7 Å². The number of carbonyl (C=O) groups is 1. The van der Waals surface area contributed by atoms with Crippen LogP contribution in [-0.4, -0.2) is 50.4 Å². The van der Waals surface area contributed by atoms with E-state index < -0.39 is 0 Å². The number of hydrogen-bond acceptors (Lipinski definition) is 8. The van der Waals surface area contributed by atoms with Crippen molar-refractivity contribution in [1.82, 2.24) is 25.0 Å². The largest absolute Gasteiger partial charge is 0.497 e. The quantitative estimate of drug-likeness (QED) is 0.380. The maximum absolute atomic E-state index is 11.5. The zero-order valence-corrected chi connectivity index (χ0v) is 14.0. The molecule has 8 nitrogen and oxygen atoms in total. The minimum Gasteiger partial charge on any atom is -0.497 e. The van der Waals surface area contributed by atoms with Crippen LogP contribution in [0.3, 0.4) is 0 Å². The molecule has 1 aromatic carbocycles. The van der Waals surface area contributed by atoms with Crippen molar-refractivity contribution in [1.29, 1.82) is 0 Å². The summed E-state index contributed by atoms with van der Waals surface area (Å²) >= 11 is 1.25. The molecular formula is C15H15N5O3S. The third-order valence-electron chi connectivity index (χ3n) is 3.15. The second-order valence-corrected chi connectivity index (χ2v) is 5.61. The first-order valence-electron chi connectivity index (χ1n) is 7.22. The Morgan fingerprint density at radius 1 is 1.25 bits per heavy atom. The number of nitrogens with zero attached hydrogens (tertiary/aromatic N) is 5. The van der Waals surface area contributed by atoms with Gasteiger partial charge in [-0.1, -0.05) is 17.0 Å². The number of esters is 1. The van der Waals surface area contributed by atoms with Crippen molar-refractivity contribution in [2.75, 3.05) is 19.5 Å². The van der Waals surface area contributed by atoms with Gasteiger partial charge in [0.1, 0.15) is 17.1 Å². The van der Waals surface area contributed by atoms with Crippen LogP contribution in [0.25, 0.3) is 16.9 Å². The third kappa shape index (κ3) is 3.30. The van der Waals surface area contributed by atoms with E-state index in [4.69, 9.17) is 9.47 Å². The van der Waals surface area contributed by atoms with Gasteiger partial charge in [0.05, 0.1) is 25.2 Å².